The van der Waals surface area contributed by atoms with E-state index in [0.717, 1.165) is 29.9 Å². The maximum atomic E-state index is 12.9. The van der Waals surface area contributed by atoms with Crippen molar-refractivity contribution in [3.05, 3.63) is 65.5 Å². The summed E-state index contributed by atoms with van der Waals surface area (Å²) in [7, 11) is 1.97. The van der Waals surface area contributed by atoms with E-state index in [2.05, 4.69) is 10.2 Å². The predicted octanol–water partition coefficient (Wildman–Crippen LogP) is 3.43. The molecule has 0 saturated carbocycles. The summed E-state index contributed by atoms with van der Waals surface area (Å²) < 4.78 is 12.9. The van der Waals surface area contributed by atoms with Gasteiger partial charge in [0.25, 0.3) is 0 Å². The molecule has 2 rings (SSSR count). The average Bonchev–Trinajstić information content (AvgIpc) is 2.56. The van der Waals surface area contributed by atoms with Gasteiger partial charge in [0, 0.05) is 31.7 Å². The molecule has 0 atom stereocenters. The Bertz CT molecular complexity index is 668. The number of benzene rings is 2. The Kier molecular flexibility index (Phi) is 11.6. The number of nitrogens with zero attached hydrogens (tertiary/aromatic N) is 1. The first-order valence-corrected chi connectivity index (χ1v) is 8.07. The van der Waals surface area contributed by atoms with Crippen LogP contribution in [-0.4, -0.2) is 30.9 Å². The molecule has 4 nitrogen and oxygen atoms in total. The number of hydrogen-bond donors (Lipinski definition) is 2. The zero-order valence-corrected chi connectivity index (χ0v) is 16.4. The highest BCUT2D eigenvalue weighted by Crippen LogP contribution is 2.12. The van der Waals surface area contributed by atoms with Gasteiger partial charge in [-0.1, -0.05) is 30.3 Å². The summed E-state index contributed by atoms with van der Waals surface area (Å²) in [6, 6.07) is 14.1. The predicted molar refractivity (Wildman–Crippen MR) is 109 cm³/mol. The Balaban J connectivity index is 0.00000312. The molecule has 0 radical (unpaired) electrons. The zero-order chi connectivity index (χ0) is 17.4. The molecule has 0 aliphatic rings. The van der Waals surface area contributed by atoms with E-state index in [9.17, 15) is 9.18 Å². The standard InChI is InChI=1S/C19H24FN3O.2ClH/c1-23(14-15-6-9-17(20)10-7-15)13-12-22-19(24)11-8-16-4-2-3-5-18(16)21;;/h2-7,9-10H,8,11-14,21H2,1H3,(H,22,24);2*1H. The van der Waals surface area contributed by atoms with Crippen LogP contribution in [0.3, 0.4) is 0 Å². The molecule has 0 aliphatic carbocycles. The van der Waals surface area contributed by atoms with Gasteiger partial charge in [-0.05, 0) is 42.8 Å². The van der Waals surface area contributed by atoms with Gasteiger partial charge >= 0.3 is 0 Å². The molecular weight excluding hydrogens is 376 g/mol. The Morgan fingerprint density at radius 1 is 1.12 bits per heavy atom. The molecule has 0 heterocycles. The van der Waals surface area contributed by atoms with E-state index in [0.29, 0.717) is 19.4 Å². The zero-order valence-electron chi connectivity index (χ0n) is 14.8. The van der Waals surface area contributed by atoms with Gasteiger partial charge in [0.15, 0.2) is 0 Å². The maximum Gasteiger partial charge on any atom is 0.220 e. The summed E-state index contributed by atoms with van der Waals surface area (Å²) in [6.45, 7) is 2.04. The van der Waals surface area contributed by atoms with Crippen LogP contribution in [-0.2, 0) is 17.8 Å². The minimum absolute atomic E-state index is 0. The van der Waals surface area contributed by atoms with E-state index in [-0.39, 0.29) is 36.5 Å². The summed E-state index contributed by atoms with van der Waals surface area (Å²) in [6.07, 6.45) is 1.07. The molecule has 144 valence electrons. The van der Waals surface area contributed by atoms with Crippen LogP contribution < -0.4 is 11.1 Å². The summed E-state index contributed by atoms with van der Waals surface area (Å²) in [4.78, 5) is 14.0. The fourth-order valence-electron chi connectivity index (χ4n) is 2.47. The molecule has 26 heavy (non-hydrogen) atoms. The van der Waals surface area contributed by atoms with Crippen molar-refractivity contribution in [1.82, 2.24) is 10.2 Å². The molecule has 0 spiro atoms. The van der Waals surface area contributed by atoms with Crippen LogP contribution in [0, 0.1) is 5.82 Å². The van der Waals surface area contributed by atoms with Gasteiger partial charge in [-0.3, -0.25) is 4.79 Å². The molecule has 2 aromatic rings. The van der Waals surface area contributed by atoms with E-state index < -0.39 is 0 Å². The molecule has 3 N–H and O–H groups in total. The second-order valence-corrected chi connectivity index (χ2v) is 5.91. The van der Waals surface area contributed by atoms with Crippen LogP contribution in [0.2, 0.25) is 0 Å². The van der Waals surface area contributed by atoms with E-state index in [1.54, 1.807) is 12.1 Å². The van der Waals surface area contributed by atoms with Gasteiger partial charge in [0.05, 0.1) is 0 Å². The number of para-hydroxylation sites is 1. The first kappa shape index (κ1) is 24.2. The quantitative estimate of drug-likeness (QED) is 0.666. The third-order valence-electron chi connectivity index (χ3n) is 3.86. The highest BCUT2D eigenvalue weighted by molar-refractivity contribution is 5.85. The molecule has 0 saturated heterocycles. The van der Waals surface area contributed by atoms with E-state index in [1.807, 2.05) is 31.3 Å². The number of rotatable bonds is 8. The molecule has 0 bridgehead atoms. The number of carbonyl (C=O) groups excluding carboxylic acids is 1. The van der Waals surface area contributed by atoms with Crippen molar-refractivity contribution in [2.24, 2.45) is 0 Å². The van der Waals surface area contributed by atoms with Gasteiger partial charge in [-0.15, -0.1) is 24.8 Å². The van der Waals surface area contributed by atoms with Crippen LogP contribution in [0.15, 0.2) is 48.5 Å². The lowest BCUT2D eigenvalue weighted by atomic mass is 10.1. The topological polar surface area (TPSA) is 58.4 Å². The minimum Gasteiger partial charge on any atom is -0.399 e. The number of likely N-dealkylation sites (N-methyl/N-ethyl adjacent to an activating group) is 1. The van der Waals surface area contributed by atoms with Crippen molar-refractivity contribution in [3.63, 3.8) is 0 Å². The number of aryl methyl sites for hydroxylation is 1. The van der Waals surface area contributed by atoms with Gasteiger partial charge in [-0.2, -0.15) is 0 Å². The molecule has 0 unspecified atom stereocenters. The maximum absolute atomic E-state index is 12.9. The lowest BCUT2D eigenvalue weighted by Gasteiger charge is -2.17. The third-order valence-corrected chi connectivity index (χ3v) is 3.86. The SMILES string of the molecule is CN(CCNC(=O)CCc1ccccc1N)Cc1ccc(F)cc1.Cl.Cl. The average molecular weight is 402 g/mol. The fourth-order valence-corrected chi connectivity index (χ4v) is 2.47. The van der Waals surface area contributed by atoms with Gasteiger partial charge in [0.2, 0.25) is 5.91 Å². The van der Waals surface area contributed by atoms with Crippen molar-refractivity contribution < 1.29 is 9.18 Å². The molecule has 0 fully saturated rings. The molecule has 0 aliphatic heterocycles. The number of halogens is 3. The van der Waals surface area contributed by atoms with Crippen molar-refractivity contribution in [1.29, 1.82) is 0 Å². The third kappa shape index (κ3) is 8.52. The van der Waals surface area contributed by atoms with Crippen LogP contribution in [0.4, 0.5) is 10.1 Å². The van der Waals surface area contributed by atoms with Gasteiger partial charge < -0.3 is 16.0 Å². The van der Waals surface area contributed by atoms with E-state index in [1.165, 1.54) is 12.1 Å². The summed E-state index contributed by atoms with van der Waals surface area (Å²) in [5.41, 5.74) is 8.64. The first-order chi connectivity index (χ1) is 11.5. The minimum atomic E-state index is -0.229. The number of hydrogen-bond acceptors (Lipinski definition) is 3. The summed E-state index contributed by atoms with van der Waals surface area (Å²) in [5.74, 6) is -0.207. The Morgan fingerprint density at radius 2 is 1.77 bits per heavy atom. The van der Waals surface area contributed by atoms with E-state index >= 15 is 0 Å². The monoisotopic (exact) mass is 401 g/mol. The Morgan fingerprint density at radius 3 is 2.42 bits per heavy atom. The second-order valence-electron chi connectivity index (χ2n) is 5.91. The Hall–Kier alpha value is -1.82. The number of nitrogen functional groups attached to an aromatic ring is 1. The summed E-state index contributed by atoms with van der Waals surface area (Å²) >= 11 is 0. The smallest absolute Gasteiger partial charge is 0.220 e. The lowest BCUT2D eigenvalue weighted by molar-refractivity contribution is -0.121. The van der Waals surface area contributed by atoms with Crippen LogP contribution >= 0.6 is 24.8 Å². The van der Waals surface area contributed by atoms with Crippen molar-refractivity contribution in [2.75, 3.05) is 25.9 Å². The lowest BCUT2D eigenvalue weighted by Crippen LogP contribution is -2.32. The van der Waals surface area contributed by atoms with Gasteiger partial charge in [-0.25, -0.2) is 4.39 Å². The molecule has 2 aromatic carbocycles. The number of nitrogens with one attached hydrogen (secondary N) is 1. The highest BCUT2D eigenvalue weighted by Gasteiger charge is 2.05. The normalized spacial score (nSPS) is 9.96. The first-order valence-electron chi connectivity index (χ1n) is 8.07. The van der Waals surface area contributed by atoms with Gasteiger partial charge in [0.1, 0.15) is 5.82 Å². The molecular formula is C19H26Cl2FN3O. The van der Waals surface area contributed by atoms with Crippen molar-refractivity contribution >= 4 is 36.4 Å². The molecule has 0 aromatic heterocycles. The molecule has 7 heteroatoms. The largest absolute Gasteiger partial charge is 0.399 e. The fraction of sp³-hybridized carbons (Fsp3) is 0.316. The van der Waals surface area contributed by atoms with E-state index in [4.69, 9.17) is 5.73 Å². The number of carbonyl (C=O) groups is 1. The number of amides is 1. The van der Waals surface area contributed by atoms with Crippen LogP contribution in [0.25, 0.3) is 0 Å². The van der Waals surface area contributed by atoms with Crippen LogP contribution in [0.5, 0.6) is 0 Å². The second kappa shape index (κ2) is 12.5. The Labute approximate surface area is 166 Å². The van der Waals surface area contributed by atoms with Crippen LogP contribution in [0.1, 0.15) is 17.5 Å². The summed E-state index contributed by atoms with van der Waals surface area (Å²) in [5, 5.41) is 2.92. The molecule has 1 amide bonds. The highest BCUT2D eigenvalue weighted by atomic mass is 35.5. The number of nitrogens with two attached hydrogens (primary N) is 1. The number of anilines is 1. The van der Waals surface area contributed by atoms with Crippen molar-refractivity contribution in [2.45, 2.75) is 19.4 Å². The van der Waals surface area contributed by atoms with Crippen molar-refractivity contribution in [3.8, 4) is 0 Å².